The summed E-state index contributed by atoms with van der Waals surface area (Å²) in [6, 6.07) is 0. The van der Waals surface area contributed by atoms with Gasteiger partial charge in [0, 0.05) is 6.42 Å². The Morgan fingerprint density at radius 3 is 3.00 bits per heavy atom. The monoisotopic (exact) mass is 265 g/mol. The molecule has 3 rings (SSSR count). The molecule has 4 N–H and O–H groups in total. The van der Waals surface area contributed by atoms with Gasteiger partial charge in [-0.2, -0.15) is 0 Å². The lowest BCUT2D eigenvalue weighted by molar-refractivity contribution is -0.0432. The molecule has 0 saturated carbocycles. The highest BCUT2D eigenvalue weighted by atomic mass is 16.5. The number of nitrogens with two attached hydrogens (primary N) is 1. The molecule has 3 atom stereocenters. The standard InChI is InChI=1S/C11H15N5O3/c1-5-14-10(12)9-11(15-5)16(4-13-9)8-2-6(18)7(3-17)19-8/h4,6-8,17-18H,2-3H2,1H3,(H2,12,14,15). The van der Waals surface area contributed by atoms with E-state index in [1.807, 2.05) is 0 Å². The van der Waals surface area contributed by atoms with Gasteiger partial charge in [-0.25, -0.2) is 15.0 Å². The zero-order valence-corrected chi connectivity index (χ0v) is 10.4. The Hall–Kier alpha value is -1.77. The summed E-state index contributed by atoms with van der Waals surface area (Å²) in [7, 11) is 0. The lowest BCUT2D eigenvalue weighted by Gasteiger charge is -2.13. The quantitative estimate of drug-likeness (QED) is 0.660. The van der Waals surface area contributed by atoms with Crippen LogP contribution in [0, 0.1) is 6.92 Å². The number of anilines is 1. The van der Waals surface area contributed by atoms with Crippen LogP contribution >= 0.6 is 0 Å². The molecule has 1 aliphatic heterocycles. The molecule has 0 spiro atoms. The first-order valence-electron chi connectivity index (χ1n) is 6.01. The lowest BCUT2D eigenvalue weighted by atomic mass is 10.2. The van der Waals surface area contributed by atoms with Crippen LogP contribution in [0.1, 0.15) is 18.5 Å². The van der Waals surface area contributed by atoms with Crippen LogP contribution in [0.5, 0.6) is 0 Å². The van der Waals surface area contributed by atoms with Gasteiger partial charge in [0.2, 0.25) is 0 Å². The topological polar surface area (TPSA) is 119 Å². The zero-order valence-electron chi connectivity index (χ0n) is 10.4. The Balaban J connectivity index is 2.02. The van der Waals surface area contributed by atoms with Crippen molar-refractivity contribution in [3.63, 3.8) is 0 Å². The van der Waals surface area contributed by atoms with Gasteiger partial charge in [0.15, 0.2) is 11.5 Å². The van der Waals surface area contributed by atoms with Gasteiger partial charge in [-0.1, -0.05) is 0 Å². The third-order valence-corrected chi connectivity index (χ3v) is 3.25. The number of ether oxygens (including phenoxy) is 1. The Morgan fingerprint density at radius 2 is 2.32 bits per heavy atom. The van der Waals surface area contributed by atoms with Crippen LogP contribution in [-0.4, -0.2) is 48.5 Å². The molecule has 102 valence electrons. The molecule has 2 aromatic rings. The maximum Gasteiger partial charge on any atom is 0.167 e. The van der Waals surface area contributed by atoms with Crippen LogP contribution in [0.3, 0.4) is 0 Å². The van der Waals surface area contributed by atoms with Crippen molar-refractivity contribution >= 4 is 17.0 Å². The summed E-state index contributed by atoms with van der Waals surface area (Å²) in [5, 5.41) is 18.9. The van der Waals surface area contributed by atoms with E-state index >= 15 is 0 Å². The predicted molar refractivity (Wildman–Crippen MR) is 66.1 cm³/mol. The van der Waals surface area contributed by atoms with E-state index in [0.29, 0.717) is 29.2 Å². The SMILES string of the molecule is Cc1nc(N)c2ncn(C3CC(O)C(CO)O3)c2n1. The summed E-state index contributed by atoms with van der Waals surface area (Å²) in [5.74, 6) is 0.863. The molecular formula is C11H15N5O3. The first-order valence-corrected chi connectivity index (χ1v) is 6.01. The van der Waals surface area contributed by atoms with E-state index in [9.17, 15) is 5.11 Å². The molecule has 0 bridgehead atoms. The van der Waals surface area contributed by atoms with Crippen LogP contribution in [0.2, 0.25) is 0 Å². The maximum atomic E-state index is 9.76. The van der Waals surface area contributed by atoms with Gasteiger partial charge in [-0.3, -0.25) is 4.57 Å². The minimum Gasteiger partial charge on any atom is -0.394 e. The molecule has 19 heavy (non-hydrogen) atoms. The number of rotatable bonds is 2. The molecular weight excluding hydrogens is 250 g/mol. The van der Waals surface area contributed by atoms with Crippen LogP contribution in [0.15, 0.2) is 6.33 Å². The Kier molecular flexibility index (Phi) is 2.85. The van der Waals surface area contributed by atoms with Gasteiger partial charge >= 0.3 is 0 Å². The molecule has 3 heterocycles. The normalized spacial score (nSPS) is 27.2. The fourth-order valence-electron chi connectivity index (χ4n) is 2.31. The third kappa shape index (κ3) is 1.93. The second-order valence-electron chi connectivity index (χ2n) is 4.59. The highest BCUT2D eigenvalue weighted by Crippen LogP contribution is 2.31. The van der Waals surface area contributed by atoms with E-state index in [4.69, 9.17) is 15.6 Å². The second-order valence-corrected chi connectivity index (χ2v) is 4.59. The van der Waals surface area contributed by atoms with Gasteiger partial charge in [-0.05, 0) is 6.92 Å². The molecule has 3 unspecified atom stereocenters. The number of nitrogens with zero attached hydrogens (tertiary/aromatic N) is 4. The molecule has 1 saturated heterocycles. The molecule has 0 aromatic carbocycles. The number of imidazole rings is 1. The number of nitrogen functional groups attached to an aromatic ring is 1. The molecule has 2 aromatic heterocycles. The number of aryl methyl sites for hydroxylation is 1. The summed E-state index contributed by atoms with van der Waals surface area (Å²) >= 11 is 0. The van der Waals surface area contributed by atoms with Crippen LogP contribution in [0.25, 0.3) is 11.2 Å². The number of hydrogen-bond acceptors (Lipinski definition) is 7. The highest BCUT2D eigenvalue weighted by molar-refractivity contribution is 5.81. The van der Waals surface area contributed by atoms with E-state index in [2.05, 4.69) is 15.0 Å². The molecule has 0 aliphatic carbocycles. The molecule has 1 aliphatic rings. The van der Waals surface area contributed by atoms with E-state index < -0.39 is 18.4 Å². The number of aliphatic hydroxyl groups is 2. The van der Waals surface area contributed by atoms with Crippen molar-refractivity contribution in [3.05, 3.63) is 12.2 Å². The average molecular weight is 265 g/mol. The Labute approximate surface area is 108 Å². The van der Waals surface area contributed by atoms with Crippen molar-refractivity contribution in [3.8, 4) is 0 Å². The van der Waals surface area contributed by atoms with E-state index in [1.165, 1.54) is 0 Å². The predicted octanol–water partition coefficient (Wildman–Crippen LogP) is -0.642. The third-order valence-electron chi connectivity index (χ3n) is 3.25. The second kappa shape index (κ2) is 4.41. The Bertz CT molecular complexity index is 614. The fraction of sp³-hybridized carbons (Fsp3) is 0.545. The first kappa shape index (κ1) is 12.3. The minimum atomic E-state index is -0.701. The summed E-state index contributed by atoms with van der Waals surface area (Å²) in [4.78, 5) is 12.5. The van der Waals surface area contributed by atoms with E-state index in [1.54, 1.807) is 17.8 Å². The van der Waals surface area contributed by atoms with Crippen LogP contribution in [0.4, 0.5) is 5.82 Å². The van der Waals surface area contributed by atoms with Crippen molar-refractivity contribution < 1.29 is 14.9 Å². The number of aromatic nitrogens is 4. The van der Waals surface area contributed by atoms with Crippen molar-refractivity contribution in [1.29, 1.82) is 0 Å². The summed E-state index contributed by atoms with van der Waals surface area (Å²) in [6.07, 6.45) is 0.243. The van der Waals surface area contributed by atoms with Crippen molar-refractivity contribution in [1.82, 2.24) is 19.5 Å². The highest BCUT2D eigenvalue weighted by Gasteiger charge is 2.35. The van der Waals surface area contributed by atoms with Gasteiger partial charge in [0.05, 0.1) is 19.0 Å². The van der Waals surface area contributed by atoms with Gasteiger partial charge in [0.1, 0.15) is 23.7 Å². The Morgan fingerprint density at radius 1 is 1.53 bits per heavy atom. The van der Waals surface area contributed by atoms with Crippen LogP contribution in [-0.2, 0) is 4.74 Å². The number of fused-ring (bicyclic) bond motifs is 1. The average Bonchev–Trinajstić information content (AvgIpc) is 2.92. The maximum absolute atomic E-state index is 9.76. The van der Waals surface area contributed by atoms with Crippen molar-refractivity contribution in [2.24, 2.45) is 0 Å². The van der Waals surface area contributed by atoms with Gasteiger partial charge in [0.25, 0.3) is 0 Å². The largest absolute Gasteiger partial charge is 0.394 e. The summed E-state index contributed by atoms with van der Waals surface area (Å²) in [5.41, 5.74) is 6.87. The molecule has 8 heteroatoms. The van der Waals surface area contributed by atoms with Crippen LogP contribution < -0.4 is 5.73 Å². The summed E-state index contributed by atoms with van der Waals surface area (Å²) in [6.45, 7) is 1.52. The minimum absolute atomic E-state index is 0.222. The summed E-state index contributed by atoms with van der Waals surface area (Å²) < 4.78 is 7.28. The van der Waals surface area contributed by atoms with Crippen molar-refractivity contribution in [2.75, 3.05) is 12.3 Å². The molecule has 1 fully saturated rings. The fourth-order valence-corrected chi connectivity index (χ4v) is 2.31. The van der Waals surface area contributed by atoms with Gasteiger partial charge < -0.3 is 20.7 Å². The van der Waals surface area contributed by atoms with E-state index in [0.717, 1.165) is 0 Å². The van der Waals surface area contributed by atoms with Crippen molar-refractivity contribution in [2.45, 2.75) is 31.8 Å². The smallest absolute Gasteiger partial charge is 0.167 e. The first-order chi connectivity index (χ1) is 9.10. The molecule has 8 nitrogen and oxygen atoms in total. The molecule has 0 amide bonds. The molecule has 0 radical (unpaired) electrons. The number of aliphatic hydroxyl groups excluding tert-OH is 2. The number of hydrogen-bond donors (Lipinski definition) is 3. The van der Waals surface area contributed by atoms with E-state index in [-0.39, 0.29) is 6.61 Å². The zero-order chi connectivity index (χ0) is 13.6. The lowest BCUT2D eigenvalue weighted by Crippen LogP contribution is -2.24. The van der Waals surface area contributed by atoms with Gasteiger partial charge in [-0.15, -0.1) is 0 Å².